The van der Waals surface area contributed by atoms with Gasteiger partial charge in [0.25, 0.3) is 0 Å². The molecule has 0 unspecified atom stereocenters. The molecule has 0 aliphatic carbocycles. The molecule has 0 aliphatic rings. The van der Waals surface area contributed by atoms with Crippen molar-refractivity contribution in [1.29, 1.82) is 0 Å². The van der Waals surface area contributed by atoms with Crippen LogP contribution in [0.1, 0.15) is 55.6 Å². The van der Waals surface area contributed by atoms with Gasteiger partial charge in [-0.3, -0.25) is 9.27 Å². The fourth-order valence-corrected chi connectivity index (χ4v) is 5.23. The van der Waals surface area contributed by atoms with Crippen molar-refractivity contribution in [3.63, 3.8) is 0 Å². The van der Waals surface area contributed by atoms with Crippen molar-refractivity contribution in [3.8, 4) is 0 Å². The van der Waals surface area contributed by atoms with E-state index in [0.717, 1.165) is 28.2 Å². The number of rotatable bonds is 12. The van der Waals surface area contributed by atoms with E-state index in [9.17, 15) is 13.2 Å². The molecule has 3 rings (SSSR count). The second-order valence-electron chi connectivity index (χ2n) is 10.0. The van der Waals surface area contributed by atoms with Gasteiger partial charge >= 0.3 is 16.4 Å². The maximum absolute atomic E-state index is 12.6. The highest BCUT2D eigenvalue weighted by Crippen LogP contribution is 2.24. The number of aryl methyl sites for hydroxylation is 1. The van der Waals surface area contributed by atoms with Gasteiger partial charge < -0.3 is 15.4 Å². The van der Waals surface area contributed by atoms with Crippen LogP contribution in [-0.2, 0) is 34.3 Å². The molecule has 0 bridgehead atoms. The monoisotopic (exact) mass is 560 g/mol. The molecule has 4 N–H and O–H groups in total. The average molecular weight is 561 g/mol. The Kier molecular flexibility index (Phi) is 10.3. The molecular weight excluding hydrogens is 524 g/mol. The summed E-state index contributed by atoms with van der Waals surface area (Å²) < 4.78 is 38.8. The second kappa shape index (κ2) is 13.2. The van der Waals surface area contributed by atoms with E-state index < -0.39 is 22.0 Å². The highest BCUT2D eigenvalue weighted by Gasteiger charge is 2.22. The van der Waals surface area contributed by atoms with Crippen LogP contribution < -0.4 is 15.4 Å². The van der Waals surface area contributed by atoms with Crippen LogP contribution in [0.3, 0.4) is 0 Å². The smallest absolute Gasteiger partial charge is 0.407 e. The van der Waals surface area contributed by atoms with Gasteiger partial charge in [-0.15, -0.1) is 11.3 Å². The van der Waals surface area contributed by atoms with Crippen LogP contribution in [0.25, 0.3) is 0 Å². The lowest BCUT2D eigenvalue weighted by molar-refractivity contribution is 0.0503. The third kappa shape index (κ3) is 10.4. The number of amides is 1. The minimum absolute atomic E-state index is 0.139. The predicted molar refractivity (Wildman–Crippen MR) is 151 cm³/mol. The van der Waals surface area contributed by atoms with E-state index in [2.05, 4.69) is 22.3 Å². The Hall–Kier alpha value is -2.99. The van der Waals surface area contributed by atoms with Gasteiger partial charge in [0.15, 0.2) is 0 Å². The van der Waals surface area contributed by atoms with Crippen LogP contribution in [0.4, 0.5) is 10.5 Å². The molecule has 0 spiro atoms. The maximum atomic E-state index is 12.6. The minimum atomic E-state index is -4.34. The minimum Gasteiger partial charge on any atom is -0.444 e. The first-order valence-electron chi connectivity index (χ1n) is 12.5. The molecule has 2 atom stereocenters. The van der Waals surface area contributed by atoms with Crippen molar-refractivity contribution in [2.24, 2.45) is 0 Å². The second-order valence-corrected chi connectivity index (χ2v) is 12.0. The van der Waals surface area contributed by atoms with Crippen molar-refractivity contribution in [2.75, 3.05) is 11.3 Å². The van der Waals surface area contributed by atoms with E-state index in [4.69, 9.17) is 14.3 Å². The molecular formula is C27H36N4O5S2. The van der Waals surface area contributed by atoms with Crippen molar-refractivity contribution in [1.82, 2.24) is 15.6 Å². The first-order chi connectivity index (χ1) is 17.9. The van der Waals surface area contributed by atoms with E-state index in [0.29, 0.717) is 19.4 Å². The van der Waals surface area contributed by atoms with E-state index in [1.807, 2.05) is 56.5 Å². The van der Waals surface area contributed by atoms with Crippen LogP contribution in [0.5, 0.6) is 0 Å². The third-order valence-corrected chi connectivity index (χ3v) is 7.03. The predicted octanol–water partition coefficient (Wildman–Crippen LogP) is 4.93. The fraction of sp³-hybridized carbons (Fsp3) is 0.407. The molecule has 0 fully saturated rings. The van der Waals surface area contributed by atoms with Gasteiger partial charge in [0.2, 0.25) is 0 Å². The van der Waals surface area contributed by atoms with E-state index in [1.54, 1.807) is 35.6 Å². The number of anilines is 1. The number of carbonyl (C=O) groups is 1. The standard InChI is InChI=1S/C27H36N4O5S2/c1-5-21-18-37-25(29-21)24(16-20-11-13-22(14-12-20)31-38(33,34)35)28-17-23(15-19-9-7-6-8-10-19)30-26(32)36-27(2,3)4/h6-14,18,23-24,28,31H,5,15-17H2,1-4H3,(H,30,32)(H,33,34,35)/t23-,24+/m1/s1. The van der Waals surface area contributed by atoms with Crippen LogP contribution in [0.15, 0.2) is 60.0 Å². The zero-order chi connectivity index (χ0) is 27.8. The summed E-state index contributed by atoms with van der Waals surface area (Å²) in [5.41, 5.74) is 2.73. The average Bonchev–Trinajstić information content (AvgIpc) is 3.30. The Balaban J connectivity index is 1.77. The maximum Gasteiger partial charge on any atom is 0.407 e. The third-order valence-electron chi connectivity index (χ3n) is 5.53. The number of ether oxygens (including phenoxy) is 1. The molecule has 1 heterocycles. The summed E-state index contributed by atoms with van der Waals surface area (Å²) in [6.45, 7) is 8.03. The summed E-state index contributed by atoms with van der Waals surface area (Å²) >= 11 is 1.58. The Bertz CT molecular complexity index is 1270. The molecule has 0 aliphatic heterocycles. The lowest BCUT2D eigenvalue weighted by atomic mass is 10.0. The largest absolute Gasteiger partial charge is 0.444 e. The van der Waals surface area contributed by atoms with Gasteiger partial charge in [0.05, 0.1) is 17.4 Å². The van der Waals surface area contributed by atoms with E-state index >= 15 is 0 Å². The Labute approximate surface area is 228 Å². The SMILES string of the molecule is CCc1csc([C@H](Cc2ccc(NS(=O)(=O)O)cc2)NC[C@@H](Cc2ccccc2)NC(=O)OC(C)(C)C)n1. The van der Waals surface area contributed by atoms with Crippen molar-refractivity contribution in [2.45, 2.75) is 64.6 Å². The number of thiazole rings is 1. The van der Waals surface area contributed by atoms with Crippen LogP contribution in [0.2, 0.25) is 0 Å². The number of alkyl carbamates (subject to hydrolysis) is 1. The zero-order valence-corrected chi connectivity index (χ0v) is 23.7. The molecule has 0 saturated carbocycles. The van der Waals surface area contributed by atoms with Gasteiger partial charge in [-0.1, -0.05) is 49.4 Å². The number of nitrogens with zero attached hydrogens (tertiary/aromatic N) is 1. The van der Waals surface area contributed by atoms with Gasteiger partial charge in [0.1, 0.15) is 10.6 Å². The quantitative estimate of drug-likeness (QED) is 0.231. The number of hydrogen-bond donors (Lipinski definition) is 4. The summed E-state index contributed by atoms with van der Waals surface area (Å²) in [4.78, 5) is 17.4. The Morgan fingerprint density at radius 3 is 2.29 bits per heavy atom. The van der Waals surface area contributed by atoms with E-state index in [-0.39, 0.29) is 17.8 Å². The zero-order valence-electron chi connectivity index (χ0n) is 22.1. The van der Waals surface area contributed by atoms with Crippen molar-refractivity contribution in [3.05, 3.63) is 81.8 Å². The Morgan fingerprint density at radius 2 is 1.71 bits per heavy atom. The molecule has 0 saturated heterocycles. The number of carbonyl (C=O) groups excluding carboxylic acids is 1. The van der Waals surface area contributed by atoms with Gasteiger partial charge in [-0.2, -0.15) is 8.42 Å². The first kappa shape index (κ1) is 29.6. The number of benzene rings is 2. The van der Waals surface area contributed by atoms with Crippen molar-refractivity contribution >= 4 is 33.4 Å². The van der Waals surface area contributed by atoms with Gasteiger partial charge in [-0.05, 0) is 63.3 Å². The lowest BCUT2D eigenvalue weighted by Gasteiger charge is -2.26. The molecule has 3 aromatic rings. The van der Waals surface area contributed by atoms with Crippen molar-refractivity contribution < 1.29 is 22.5 Å². The molecule has 11 heteroatoms. The van der Waals surface area contributed by atoms with Crippen LogP contribution in [0, 0.1) is 0 Å². The fourth-order valence-electron chi connectivity index (χ4n) is 3.82. The summed E-state index contributed by atoms with van der Waals surface area (Å²) in [5, 5.41) is 9.57. The molecule has 0 radical (unpaired) electrons. The normalized spacial score (nSPS) is 13.5. The summed E-state index contributed by atoms with van der Waals surface area (Å²) in [5.74, 6) is 0. The topological polar surface area (TPSA) is 130 Å². The summed E-state index contributed by atoms with van der Waals surface area (Å²) in [6.07, 6.45) is 1.57. The van der Waals surface area contributed by atoms with E-state index in [1.165, 1.54) is 0 Å². The van der Waals surface area contributed by atoms with Crippen LogP contribution in [-0.4, -0.2) is 42.2 Å². The molecule has 1 aromatic heterocycles. The highest BCUT2D eigenvalue weighted by atomic mass is 32.2. The van der Waals surface area contributed by atoms with Gasteiger partial charge in [-0.25, -0.2) is 9.78 Å². The molecule has 38 heavy (non-hydrogen) atoms. The molecule has 9 nitrogen and oxygen atoms in total. The molecule has 2 aromatic carbocycles. The number of nitrogens with one attached hydrogen (secondary N) is 3. The highest BCUT2D eigenvalue weighted by molar-refractivity contribution is 7.87. The summed E-state index contributed by atoms with van der Waals surface area (Å²) in [6, 6.07) is 16.4. The number of hydrogen-bond acceptors (Lipinski definition) is 7. The Morgan fingerprint density at radius 1 is 1.05 bits per heavy atom. The lowest BCUT2D eigenvalue weighted by Crippen LogP contribution is -2.46. The summed E-state index contributed by atoms with van der Waals surface area (Å²) in [7, 11) is -4.34. The molecule has 1 amide bonds. The number of aromatic nitrogens is 1. The van der Waals surface area contributed by atoms with Gasteiger partial charge in [0, 0.05) is 18.0 Å². The first-order valence-corrected chi connectivity index (χ1v) is 14.8. The molecule has 206 valence electrons. The van der Waals surface area contributed by atoms with Crippen LogP contribution >= 0.6 is 11.3 Å².